The third kappa shape index (κ3) is 4.44. The summed E-state index contributed by atoms with van der Waals surface area (Å²) < 4.78 is 12.8. The second-order valence-electron chi connectivity index (χ2n) is 12.5. The Bertz CT molecular complexity index is 2830. The van der Waals surface area contributed by atoms with Gasteiger partial charge in [-0.2, -0.15) is 0 Å². The molecule has 230 valence electrons. The minimum Gasteiger partial charge on any atom is -0.456 e. The highest BCUT2D eigenvalue weighted by Crippen LogP contribution is 2.46. The molecule has 0 saturated carbocycles. The van der Waals surface area contributed by atoms with Crippen molar-refractivity contribution in [2.75, 3.05) is 4.90 Å². The number of nitrogens with zero attached hydrogens (tertiary/aromatic N) is 1. The predicted octanol–water partition coefficient (Wildman–Crippen LogP) is 13.4. The molecule has 0 unspecified atom stereocenters. The van der Waals surface area contributed by atoms with Gasteiger partial charge in [-0.3, -0.25) is 0 Å². The maximum Gasteiger partial charge on any atom is 0.143 e. The molecule has 0 saturated heterocycles. The van der Waals surface area contributed by atoms with Crippen LogP contribution in [-0.2, 0) is 0 Å². The van der Waals surface area contributed by atoms with Gasteiger partial charge in [0.1, 0.15) is 22.3 Å². The fourth-order valence-electron chi connectivity index (χ4n) is 7.39. The molecule has 0 aliphatic heterocycles. The Hall–Kier alpha value is -6.58. The van der Waals surface area contributed by atoms with E-state index >= 15 is 0 Å². The number of anilines is 3. The molecule has 0 N–H and O–H groups in total. The second kappa shape index (κ2) is 11.0. The van der Waals surface area contributed by atoms with Gasteiger partial charge in [0, 0.05) is 43.9 Å². The van der Waals surface area contributed by atoms with Crippen molar-refractivity contribution in [2.24, 2.45) is 0 Å². The minimum absolute atomic E-state index is 0.875. The SMILES string of the molecule is c1ccc(-c2ccc(N(c3ccc4oc5ccccc5c4c3)c3ccccc3-c3cccc4oc5c6ccccc6ccc5c34)cc2)cc1. The van der Waals surface area contributed by atoms with E-state index in [2.05, 4.69) is 169 Å². The van der Waals surface area contributed by atoms with Gasteiger partial charge < -0.3 is 13.7 Å². The Balaban J connectivity index is 1.21. The molecule has 0 spiro atoms. The topological polar surface area (TPSA) is 29.5 Å². The molecule has 8 aromatic carbocycles. The van der Waals surface area contributed by atoms with E-state index < -0.39 is 0 Å². The molecule has 0 radical (unpaired) electrons. The van der Waals surface area contributed by atoms with Crippen LogP contribution in [0.1, 0.15) is 0 Å². The van der Waals surface area contributed by atoms with E-state index in [1.807, 2.05) is 12.1 Å². The summed E-state index contributed by atoms with van der Waals surface area (Å²) in [6.45, 7) is 0. The van der Waals surface area contributed by atoms with E-state index in [9.17, 15) is 0 Å². The van der Waals surface area contributed by atoms with Crippen LogP contribution in [-0.4, -0.2) is 0 Å². The molecule has 0 bridgehead atoms. The third-order valence-corrected chi connectivity index (χ3v) is 9.67. The highest BCUT2D eigenvalue weighted by molar-refractivity contribution is 6.20. The maximum absolute atomic E-state index is 6.61. The minimum atomic E-state index is 0.875. The fourth-order valence-corrected chi connectivity index (χ4v) is 7.39. The third-order valence-electron chi connectivity index (χ3n) is 9.67. The van der Waals surface area contributed by atoms with Gasteiger partial charge >= 0.3 is 0 Å². The summed E-state index contributed by atoms with van der Waals surface area (Å²) in [4.78, 5) is 2.36. The number of rotatable bonds is 5. The van der Waals surface area contributed by atoms with Gasteiger partial charge in [-0.1, -0.05) is 121 Å². The summed E-state index contributed by atoms with van der Waals surface area (Å²) in [7, 11) is 0. The number of para-hydroxylation sites is 2. The zero-order chi connectivity index (χ0) is 32.3. The molecule has 2 heterocycles. The van der Waals surface area contributed by atoms with Gasteiger partial charge in [-0.15, -0.1) is 0 Å². The van der Waals surface area contributed by atoms with Crippen molar-refractivity contribution in [2.45, 2.75) is 0 Å². The summed E-state index contributed by atoms with van der Waals surface area (Å²) in [5.41, 5.74) is 11.4. The Labute approximate surface area is 282 Å². The van der Waals surface area contributed by atoms with Crippen molar-refractivity contribution in [3.63, 3.8) is 0 Å². The van der Waals surface area contributed by atoms with Crippen LogP contribution >= 0.6 is 0 Å². The number of hydrogen-bond donors (Lipinski definition) is 0. The van der Waals surface area contributed by atoms with E-state index in [1.54, 1.807) is 0 Å². The van der Waals surface area contributed by atoms with Crippen LogP contribution in [0.15, 0.2) is 185 Å². The maximum atomic E-state index is 6.61. The quantitative estimate of drug-likeness (QED) is 0.190. The second-order valence-corrected chi connectivity index (χ2v) is 12.5. The van der Waals surface area contributed by atoms with E-state index in [4.69, 9.17) is 8.83 Å². The van der Waals surface area contributed by atoms with Crippen LogP contribution in [0.4, 0.5) is 17.1 Å². The van der Waals surface area contributed by atoms with Crippen molar-refractivity contribution in [3.05, 3.63) is 176 Å². The molecule has 3 heteroatoms. The van der Waals surface area contributed by atoms with Crippen LogP contribution in [0, 0.1) is 0 Å². The first-order valence-electron chi connectivity index (χ1n) is 16.6. The van der Waals surface area contributed by atoms with Crippen LogP contribution in [0.25, 0.3) is 76.9 Å². The van der Waals surface area contributed by atoms with Crippen molar-refractivity contribution < 1.29 is 8.83 Å². The molecule has 0 amide bonds. The van der Waals surface area contributed by atoms with Gasteiger partial charge in [-0.25, -0.2) is 0 Å². The molecule has 3 nitrogen and oxygen atoms in total. The first kappa shape index (κ1) is 27.5. The van der Waals surface area contributed by atoms with E-state index in [0.717, 1.165) is 77.5 Å². The van der Waals surface area contributed by atoms with Crippen molar-refractivity contribution >= 4 is 71.7 Å². The van der Waals surface area contributed by atoms with Crippen molar-refractivity contribution in [3.8, 4) is 22.3 Å². The van der Waals surface area contributed by atoms with Gasteiger partial charge in [0.05, 0.1) is 5.69 Å². The Morgan fingerprint density at radius 1 is 0.367 bits per heavy atom. The van der Waals surface area contributed by atoms with Crippen molar-refractivity contribution in [1.29, 1.82) is 0 Å². The summed E-state index contributed by atoms with van der Waals surface area (Å²) in [6, 6.07) is 62.0. The normalized spacial score (nSPS) is 11.7. The Morgan fingerprint density at radius 2 is 1.04 bits per heavy atom. The lowest BCUT2D eigenvalue weighted by molar-refractivity contribution is 0.669. The molecule has 49 heavy (non-hydrogen) atoms. The summed E-state index contributed by atoms with van der Waals surface area (Å²) in [6.07, 6.45) is 0. The monoisotopic (exact) mass is 627 g/mol. The Kier molecular flexibility index (Phi) is 6.18. The first-order chi connectivity index (χ1) is 24.3. The summed E-state index contributed by atoms with van der Waals surface area (Å²) >= 11 is 0. The van der Waals surface area contributed by atoms with Gasteiger partial charge in [-0.05, 0) is 76.7 Å². The lowest BCUT2D eigenvalue weighted by atomic mass is 9.96. The first-order valence-corrected chi connectivity index (χ1v) is 16.6. The number of furan rings is 2. The van der Waals surface area contributed by atoms with Gasteiger partial charge in [0.2, 0.25) is 0 Å². The lowest BCUT2D eigenvalue weighted by Gasteiger charge is -2.28. The predicted molar refractivity (Wildman–Crippen MR) is 204 cm³/mol. The fraction of sp³-hybridized carbons (Fsp3) is 0. The average Bonchev–Trinajstić information content (AvgIpc) is 3.75. The Morgan fingerprint density at radius 3 is 1.94 bits per heavy atom. The van der Waals surface area contributed by atoms with E-state index in [0.29, 0.717) is 0 Å². The molecule has 0 atom stereocenters. The highest BCUT2D eigenvalue weighted by Gasteiger charge is 2.22. The molecule has 2 aromatic heterocycles. The largest absolute Gasteiger partial charge is 0.456 e. The number of benzene rings is 8. The molecule has 10 aromatic rings. The molecular weight excluding hydrogens is 599 g/mol. The molecule has 10 rings (SSSR count). The molecule has 0 aliphatic carbocycles. The number of hydrogen-bond acceptors (Lipinski definition) is 3. The standard InChI is InChI=1S/C46H29NO2/c1-2-11-30(12-3-1)31-21-24-33(25-22-31)47(34-26-28-43-40(29-34)37-16-7-9-19-42(37)48-43)41-18-8-6-15-36(41)38-17-10-20-44-45(38)39-27-23-32-13-4-5-14-35(32)46(39)49-44/h1-29H. The summed E-state index contributed by atoms with van der Waals surface area (Å²) in [5, 5.41) is 6.72. The molecular formula is C46H29NO2. The highest BCUT2D eigenvalue weighted by atomic mass is 16.3. The number of fused-ring (bicyclic) bond motifs is 8. The van der Waals surface area contributed by atoms with E-state index in [-0.39, 0.29) is 0 Å². The van der Waals surface area contributed by atoms with Crippen LogP contribution in [0.5, 0.6) is 0 Å². The van der Waals surface area contributed by atoms with Gasteiger partial charge in [0.15, 0.2) is 0 Å². The zero-order valence-corrected chi connectivity index (χ0v) is 26.5. The van der Waals surface area contributed by atoms with Crippen LogP contribution in [0.2, 0.25) is 0 Å². The smallest absolute Gasteiger partial charge is 0.143 e. The van der Waals surface area contributed by atoms with Crippen LogP contribution < -0.4 is 4.90 Å². The lowest BCUT2D eigenvalue weighted by Crippen LogP contribution is -2.11. The van der Waals surface area contributed by atoms with Crippen molar-refractivity contribution in [1.82, 2.24) is 0 Å². The average molecular weight is 628 g/mol. The summed E-state index contributed by atoms with van der Waals surface area (Å²) in [5.74, 6) is 0. The van der Waals surface area contributed by atoms with E-state index in [1.165, 1.54) is 16.5 Å². The zero-order valence-electron chi connectivity index (χ0n) is 26.5. The molecule has 0 fully saturated rings. The molecule has 0 aliphatic rings. The van der Waals surface area contributed by atoms with Crippen LogP contribution in [0.3, 0.4) is 0 Å². The van der Waals surface area contributed by atoms with Gasteiger partial charge in [0.25, 0.3) is 0 Å².